The van der Waals surface area contributed by atoms with E-state index in [2.05, 4.69) is 31.6 Å². The molecule has 4 rings (SSSR count). The molecule has 0 aliphatic carbocycles. The van der Waals surface area contributed by atoms with E-state index in [0.717, 1.165) is 44.6 Å². The largest absolute Gasteiger partial charge is 0.373 e. The van der Waals surface area contributed by atoms with Gasteiger partial charge in [0, 0.05) is 51.9 Å². The molecule has 1 N–H and O–H groups in total. The third kappa shape index (κ3) is 5.93. The van der Waals surface area contributed by atoms with Gasteiger partial charge in [0.05, 0.1) is 5.60 Å². The van der Waals surface area contributed by atoms with Crippen LogP contribution in [0.1, 0.15) is 42.9 Å². The predicted molar refractivity (Wildman–Crippen MR) is 137 cm³/mol. The molecule has 0 saturated carbocycles. The normalized spacial score (nSPS) is 19.8. The molecule has 0 aromatic heterocycles. The van der Waals surface area contributed by atoms with Crippen LogP contribution in [0.2, 0.25) is 0 Å². The molecule has 2 heterocycles. The summed E-state index contributed by atoms with van der Waals surface area (Å²) in [5.74, 6) is -2.56. The smallest absolute Gasteiger partial charge is 0.247 e. The van der Waals surface area contributed by atoms with E-state index in [4.69, 9.17) is 4.74 Å². The Balaban J connectivity index is 1.34. The fourth-order valence-electron chi connectivity index (χ4n) is 5.27. The molecular weight excluding hydrogens is 483 g/mol. The second-order valence-corrected chi connectivity index (χ2v) is 10.6. The average Bonchev–Trinajstić information content (AvgIpc) is 3.31. The number of carbonyl (C=O) groups is 2. The Bertz CT molecular complexity index is 1060. The van der Waals surface area contributed by atoms with E-state index in [-0.39, 0.29) is 28.6 Å². The highest BCUT2D eigenvalue weighted by Crippen LogP contribution is 2.36. The van der Waals surface area contributed by atoms with Crippen molar-refractivity contribution in [1.29, 1.82) is 0 Å². The van der Waals surface area contributed by atoms with E-state index in [0.29, 0.717) is 25.9 Å². The van der Waals surface area contributed by atoms with Crippen molar-refractivity contribution < 1.29 is 23.1 Å². The predicted octanol–water partition coefficient (Wildman–Crippen LogP) is 3.63. The molecule has 2 aromatic rings. The fourth-order valence-corrected chi connectivity index (χ4v) is 5.69. The molecule has 0 bridgehead atoms. The number of carbonyl (C=O) groups excluding carboxylic acids is 2. The Hall–Kier alpha value is -2.41. The number of halogens is 2. The van der Waals surface area contributed by atoms with Crippen molar-refractivity contribution in [3.8, 4) is 0 Å². The molecule has 2 aliphatic rings. The first kappa shape index (κ1) is 26.6. The van der Waals surface area contributed by atoms with Gasteiger partial charge in [-0.25, -0.2) is 8.78 Å². The monoisotopic (exact) mass is 517 g/mol. The van der Waals surface area contributed by atoms with Gasteiger partial charge >= 0.3 is 0 Å². The zero-order chi connectivity index (χ0) is 25.7. The molecule has 3 unspecified atom stereocenters. The van der Waals surface area contributed by atoms with Crippen LogP contribution in [0.4, 0.5) is 8.78 Å². The third-order valence-corrected chi connectivity index (χ3v) is 7.76. The second kappa shape index (κ2) is 11.8. The third-order valence-electron chi connectivity index (χ3n) is 7.31. The van der Waals surface area contributed by atoms with E-state index in [1.54, 1.807) is 7.11 Å². The number of hydrogen-bond donors (Lipinski definition) is 1. The second-order valence-electron chi connectivity index (χ2n) is 9.64. The minimum atomic E-state index is -1.03. The van der Waals surface area contributed by atoms with E-state index < -0.39 is 17.7 Å². The highest BCUT2D eigenvalue weighted by Gasteiger charge is 2.37. The fraction of sp³-hybridized carbons (Fsp3) is 0.481. The van der Waals surface area contributed by atoms with Crippen LogP contribution in [-0.2, 0) is 19.9 Å². The number of hydrogen-bond acceptors (Lipinski definition) is 4. The lowest BCUT2D eigenvalue weighted by Gasteiger charge is -2.42. The van der Waals surface area contributed by atoms with Gasteiger partial charge in [-0.1, -0.05) is 36.4 Å². The number of methoxy groups -OCH3 is 1. The van der Waals surface area contributed by atoms with E-state index in [9.17, 15) is 18.4 Å². The lowest BCUT2D eigenvalue weighted by molar-refractivity contribution is -0.137. The number of rotatable bonds is 9. The summed E-state index contributed by atoms with van der Waals surface area (Å²) in [5.41, 5.74) is 1.28. The molecule has 0 radical (unpaired) electrons. The van der Waals surface area contributed by atoms with Gasteiger partial charge in [0.2, 0.25) is 11.8 Å². The summed E-state index contributed by atoms with van der Waals surface area (Å²) >= 11 is 0. The molecule has 2 aliphatic heterocycles. The van der Waals surface area contributed by atoms with Crippen LogP contribution in [0.15, 0.2) is 48.5 Å². The first-order valence-corrected chi connectivity index (χ1v) is 13.1. The van der Waals surface area contributed by atoms with Gasteiger partial charge in [0.25, 0.3) is 0 Å². The zero-order valence-corrected chi connectivity index (χ0v) is 21.7. The van der Waals surface area contributed by atoms with Crippen LogP contribution in [0.5, 0.6) is 0 Å². The molecular formula is C27H34F2N3O3P. The molecule has 2 aromatic carbocycles. The molecule has 2 fully saturated rings. The molecule has 2 saturated heterocycles. The summed E-state index contributed by atoms with van der Waals surface area (Å²) in [7, 11) is 4.55. The van der Waals surface area contributed by atoms with Crippen molar-refractivity contribution >= 4 is 21.1 Å². The number of piperidine rings is 1. The Kier molecular flexibility index (Phi) is 8.70. The molecule has 2 amide bonds. The Morgan fingerprint density at radius 1 is 1.11 bits per heavy atom. The summed E-state index contributed by atoms with van der Waals surface area (Å²) in [4.78, 5) is 29.4. The van der Waals surface area contributed by atoms with E-state index >= 15 is 0 Å². The number of ether oxygens (including phenoxy) is 1. The van der Waals surface area contributed by atoms with Crippen molar-refractivity contribution in [2.24, 2.45) is 0 Å². The summed E-state index contributed by atoms with van der Waals surface area (Å²) in [5, 5.41) is 2.93. The number of nitrogens with one attached hydrogen (secondary N) is 1. The molecule has 194 valence electrons. The van der Waals surface area contributed by atoms with Crippen LogP contribution in [0, 0.1) is 11.6 Å². The maximum atomic E-state index is 13.9. The summed E-state index contributed by atoms with van der Waals surface area (Å²) in [6.07, 6.45) is 2.75. The van der Waals surface area contributed by atoms with Crippen molar-refractivity contribution in [2.75, 3.05) is 39.8 Å². The minimum Gasteiger partial charge on any atom is -0.373 e. The van der Waals surface area contributed by atoms with Gasteiger partial charge in [0.15, 0.2) is 11.6 Å². The quantitative estimate of drug-likeness (QED) is 0.517. The first-order chi connectivity index (χ1) is 17.3. The van der Waals surface area contributed by atoms with Crippen LogP contribution in [0.3, 0.4) is 0 Å². The maximum absolute atomic E-state index is 13.9. The average molecular weight is 518 g/mol. The number of amides is 2. The molecule has 36 heavy (non-hydrogen) atoms. The molecule has 6 nitrogen and oxygen atoms in total. The summed E-state index contributed by atoms with van der Waals surface area (Å²) in [6, 6.07) is 12.7. The Morgan fingerprint density at radius 3 is 2.44 bits per heavy atom. The highest BCUT2D eigenvalue weighted by atomic mass is 31.0. The van der Waals surface area contributed by atoms with Crippen molar-refractivity contribution in [3.63, 3.8) is 0 Å². The van der Waals surface area contributed by atoms with Crippen molar-refractivity contribution in [1.82, 2.24) is 15.1 Å². The van der Waals surface area contributed by atoms with Gasteiger partial charge in [-0.15, -0.1) is 9.24 Å². The molecule has 0 spiro atoms. The van der Waals surface area contributed by atoms with Crippen LogP contribution in [-0.4, -0.2) is 67.1 Å². The zero-order valence-electron chi connectivity index (χ0n) is 20.6. The topological polar surface area (TPSA) is 61.9 Å². The van der Waals surface area contributed by atoms with Gasteiger partial charge in [0.1, 0.15) is 6.04 Å². The Labute approximate surface area is 213 Å². The molecule has 9 heteroatoms. The minimum absolute atomic E-state index is 0.0839. The molecule has 3 atom stereocenters. The number of nitrogens with zero attached hydrogens (tertiary/aromatic N) is 2. The van der Waals surface area contributed by atoms with E-state index in [1.807, 2.05) is 18.2 Å². The van der Waals surface area contributed by atoms with Gasteiger partial charge in [-0.2, -0.15) is 0 Å². The number of likely N-dealkylation sites (tertiary alicyclic amines) is 2. The lowest BCUT2D eigenvalue weighted by atomic mass is 9.84. The standard InChI is InChI=1S/C27H34F2N3O3P/c1-35-27(20-6-3-2-4-7-20)11-14-31(15-12-27)18-21(36)17-30-26(34)25(32-13-5-8-24(32)33)19-9-10-22(28)23(29)16-19/h2-4,6-7,9-10,16,21,25H,5,8,11-15,17-18,36H2,1H3,(H,30,34). The van der Waals surface area contributed by atoms with E-state index in [1.165, 1.54) is 16.5 Å². The van der Waals surface area contributed by atoms with Gasteiger partial charge in [-0.3, -0.25) is 9.59 Å². The lowest BCUT2D eigenvalue weighted by Crippen LogP contribution is -2.47. The first-order valence-electron chi connectivity index (χ1n) is 12.4. The summed E-state index contributed by atoms with van der Waals surface area (Å²) in [6.45, 7) is 3.33. The van der Waals surface area contributed by atoms with Crippen LogP contribution >= 0.6 is 9.24 Å². The maximum Gasteiger partial charge on any atom is 0.247 e. The van der Waals surface area contributed by atoms with Crippen molar-refractivity contribution in [3.05, 3.63) is 71.3 Å². The highest BCUT2D eigenvalue weighted by molar-refractivity contribution is 7.17. The van der Waals surface area contributed by atoms with Crippen LogP contribution < -0.4 is 5.32 Å². The summed E-state index contributed by atoms with van der Waals surface area (Å²) < 4.78 is 33.4. The van der Waals surface area contributed by atoms with Gasteiger partial charge < -0.3 is 19.9 Å². The SMILES string of the molecule is COC1(c2ccccc2)CCN(CC(P)CNC(=O)C(c2ccc(F)c(F)c2)N2CCCC2=O)CC1. The number of benzene rings is 2. The van der Waals surface area contributed by atoms with Crippen molar-refractivity contribution in [2.45, 2.75) is 43.0 Å². The van der Waals surface area contributed by atoms with Gasteiger partial charge in [-0.05, 0) is 42.5 Å². The Morgan fingerprint density at radius 2 is 1.83 bits per heavy atom. The van der Waals surface area contributed by atoms with Crippen LogP contribution in [0.25, 0.3) is 0 Å².